The zero-order valence-electron chi connectivity index (χ0n) is 10.8. The average molecular weight is 262 g/mol. The van der Waals surface area contributed by atoms with E-state index in [4.69, 9.17) is 5.11 Å². The fraction of sp³-hybridized carbons (Fsp3) is 0.250. The van der Waals surface area contributed by atoms with Gasteiger partial charge in [-0.1, -0.05) is 0 Å². The van der Waals surface area contributed by atoms with Gasteiger partial charge in [-0.25, -0.2) is 4.79 Å². The van der Waals surface area contributed by atoms with Crippen molar-refractivity contribution in [2.45, 2.75) is 13.8 Å². The normalized spacial score (nSPS) is 10.5. The summed E-state index contributed by atoms with van der Waals surface area (Å²) in [6, 6.07) is 0. The van der Waals surface area contributed by atoms with Gasteiger partial charge in [0.2, 0.25) is 0 Å². The maximum Gasteiger partial charge on any atom is 0.339 e. The van der Waals surface area contributed by atoms with Crippen molar-refractivity contribution < 1.29 is 14.7 Å². The van der Waals surface area contributed by atoms with Crippen molar-refractivity contribution in [3.05, 3.63) is 34.9 Å². The topological polar surface area (TPSA) is 100 Å². The zero-order valence-corrected chi connectivity index (χ0v) is 10.8. The molecule has 19 heavy (non-hydrogen) atoms. The van der Waals surface area contributed by atoms with E-state index in [0.29, 0.717) is 17.0 Å². The third-order valence-electron chi connectivity index (χ3n) is 2.80. The molecular weight excluding hydrogens is 248 g/mol. The number of rotatable bonds is 3. The summed E-state index contributed by atoms with van der Waals surface area (Å²) in [7, 11) is 1.72. The predicted octanol–water partition coefficient (Wildman–Crippen LogP) is 1.32. The second-order valence-corrected chi connectivity index (χ2v) is 4.26. The molecule has 0 aliphatic heterocycles. The summed E-state index contributed by atoms with van der Waals surface area (Å²) in [5.74, 6) is -1.47. The second-order valence-electron chi connectivity index (χ2n) is 4.26. The van der Waals surface area contributed by atoms with Crippen LogP contribution in [0.3, 0.4) is 0 Å². The van der Waals surface area contributed by atoms with Crippen LogP contribution in [-0.2, 0) is 7.05 Å². The molecule has 0 unspecified atom stereocenters. The molecule has 2 aromatic rings. The van der Waals surface area contributed by atoms with Crippen molar-refractivity contribution in [1.82, 2.24) is 14.8 Å². The number of hydrogen-bond acceptors (Lipinski definition) is 3. The van der Waals surface area contributed by atoms with Crippen molar-refractivity contribution in [2.24, 2.45) is 7.05 Å². The molecule has 100 valence electrons. The molecule has 0 aliphatic rings. The van der Waals surface area contributed by atoms with Gasteiger partial charge in [0.15, 0.2) is 0 Å². The molecule has 0 fully saturated rings. The number of nitrogens with one attached hydrogen (secondary N) is 2. The smallest absolute Gasteiger partial charge is 0.339 e. The van der Waals surface area contributed by atoms with Crippen LogP contribution in [0.15, 0.2) is 12.4 Å². The quantitative estimate of drug-likeness (QED) is 0.776. The van der Waals surface area contributed by atoms with Crippen LogP contribution in [0.4, 0.5) is 5.69 Å². The van der Waals surface area contributed by atoms with Crippen LogP contribution in [0.5, 0.6) is 0 Å². The summed E-state index contributed by atoms with van der Waals surface area (Å²) in [5, 5.41) is 15.7. The fourth-order valence-electron chi connectivity index (χ4n) is 1.91. The van der Waals surface area contributed by atoms with E-state index in [-0.39, 0.29) is 17.2 Å². The summed E-state index contributed by atoms with van der Waals surface area (Å²) < 4.78 is 1.53. The first kappa shape index (κ1) is 12.9. The van der Waals surface area contributed by atoms with Gasteiger partial charge in [0.25, 0.3) is 5.91 Å². The van der Waals surface area contributed by atoms with E-state index in [0.717, 1.165) is 0 Å². The standard InChI is InChI=1S/C12H14N4O3/c1-6-8(5-16(3)15-6)11(17)14-9-4-13-7(2)10(9)12(18)19/h4-5,13H,1-3H3,(H,14,17)(H,18,19). The highest BCUT2D eigenvalue weighted by Gasteiger charge is 2.19. The van der Waals surface area contributed by atoms with Gasteiger partial charge >= 0.3 is 5.97 Å². The van der Waals surface area contributed by atoms with Crippen molar-refractivity contribution in [2.75, 3.05) is 5.32 Å². The molecule has 0 bridgehead atoms. The van der Waals surface area contributed by atoms with Gasteiger partial charge in [0.05, 0.1) is 16.9 Å². The number of aryl methyl sites for hydroxylation is 3. The molecule has 2 rings (SSSR count). The van der Waals surface area contributed by atoms with Crippen molar-refractivity contribution >= 4 is 17.6 Å². The second kappa shape index (κ2) is 4.60. The summed E-state index contributed by atoms with van der Waals surface area (Å²) in [4.78, 5) is 25.9. The Hall–Kier alpha value is -2.57. The van der Waals surface area contributed by atoms with Crippen LogP contribution in [0.2, 0.25) is 0 Å². The van der Waals surface area contributed by atoms with Crippen LogP contribution in [0.1, 0.15) is 32.1 Å². The molecule has 0 radical (unpaired) electrons. The first-order valence-corrected chi connectivity index (χ1v) is 5.63. The molecule has 3 N–H and O–H groups in total. The van der Waals surface area contributed by atoms with Crippen LogP contribution < -0.4 is 5.32 Å². The molecule has 0 spiro atoms. The Labute approximate surface area is 109 Å². The highest BCUT2D eigenvalue weighted by Crippen LogP contribution is 2.20. The highest BCUT2D eigenvalue weighted by molar-refractivity contribution is 6.08. The predicted molar refractivity (Wildman–Crippen MR) is 68.4 cm³/mol. The molecular formula is C12H14N4O3. The summed E-state index contributed by atoms with van der Waals surface area (Å²) in [5.41, 5.74) is 1.81. The number of hydrogen-bond donors (Lipinski definition) is 3. The van der Waals surface area contributed by atoms with E-state index in [1.165, 1.54) is 10.9 Å². The molecule has 0 saturated heterocycles. The minimum absolute atomic E-state index is 0.0647. The summed E-state index contributed by atoms with van der Waals surface area (Å²) in [6.07, 6.45) is 3.05. The third kappa shape index (κ3) is 2.35. The number of amides is 1. The number of carboxylic acid groups (broad SMARTS) is 1. The molecule has 2 heterocycles. The number of anilines is 1. The number of H-pyrrole nitrogens is 1. The van der Waals surface area contributed by atoms with E-state index in [1.807, 2.05) is 0 Å². The maximum atomic E-state index is 12.1. The number of carboxylic acids is 1. The Morgan fingerprint density at radius 2 is 2.11 bits per heavy atom. The van der Waals surface area contributed by atoms with Gasteiger partial charge in [-0.3, -0.25) is 9.48 Å². The maximum absolute atomic E-state index is 12.1. The fourth-order valence-corrected chi connectivity index (χ4v) is 1.91. The number of aromatic carboxylic acids is 1. The van der Waals surface area contributed by atoms with Crippen LogP contribution in [0.25, 0.3) is 0 Å². The van der Waals surface area contributed by atoms with Crippen LogP contribution in [-0.4, -0.2) is 31.7 Å². The van der Waals surface area contributed by atoms with E-state index in [2.05, 4.69) is 15.4 Å². The molecule has 7 nitrogen and oxygen atoms in total. The van der Waals surface area contributed by atoms with Gasteiger partial charge in [-0.15, -0.1) is 0 Å². The Kier molecular flexibility index (Phi) is 3.12. The molecule has 7 heteroatoms. The van der Waals surface area contributed by atoms with E-state index >= 15 is 0 Å². The van der Waals surface area contributed by atoms with E-state index in [9.17, 15) is 9.59 Å². The van der Waals surface area contributed by atoms with Gasteiger partial charge in [0, 0.05) is 25.1 Å². The van der Waals surface area contributed by atoms with Crippen LogP contribution >= 0.6 is 0 Å². The SMILES string of the molecule is Cc1nn(C)cc1C(=O)Nc1c[nH]c(C)c1C(=O)O. The number of aromatic nitrogens is 3. The number of aromatic amines is 1. The molecule has 0 aromatic carbocycles. The van der Waals surface area contributed by atoms with Crippen molar-refractivity contribution in [3.8, 4) is 0 Å². The van der Waals surface area contributed by atoms with Gasteiger partial charge < -0.3 is 15.4 Å². The molecule has 0 aliphatic carbocycles. The lowest BCUT2D eigenvalue weighted by Gasteiger charge is -2.03. The van der Waals surface area contributed by atoms with Crippen molar-refractivity contribution in [3.63, 3.8) is 0 Å². The average Bonchev–Trinajstić information content (AvgIpc) is 2.82. The lowest BCUT2D eigenvalue weighted by molar-refractivity contribution is 0.0697. The first-order valence-electron chi connectivity index (χ1n) is 5.63. The molecule has 2 aromatic heterocycles. The van der Waals surface area contributed by atoms with Gasteiger partial charge in [-0.05, 0) is 13.8 Å². The summed E-state index contributed by atoms with van der Waals surface area (Å²) in [6.45, 7) is 3.35. The highest BCUT2D eigenvalue weighted by atomic mass is 16.4. The minimum atomic E-state index is -1.09. The Bertz CT molecular complexity index is 654. The van der Waals surface area contributed by atoms with Gasteiger partial charge in [-0.2, -0.15) is 5.10 Å². The Morgan fingerprint density at radius 3 is 2.63 bits per heavy atom. The van der Waals surface area contributed by atoms with Crippen LogP contribution in [0, 0.1) is 13.8 Å². The monoisotopic (exact) mass is 262 g/mol. The Morgan fingerprint density at radius 1 is 1.42 bits per heavy atom. The number of nitrogens with zero attached hydrogens (tertiary/aromatic N) is 2. The number of carbonyl (C=O) groups excluding carboxylic acids is 1. The lowest BCUT2D eigenvalue weighted by Crippen LogP contribution is -2.14. The summed E-state index contributed by atoms with van der Waals surface area (Å²) >= 11 is 0. The lowest BCUT2D eigenvalue weighted by atomic mass is 10.2. The van der Waals surface area contributed by atoms with E-state index < -0.39 is 5.97 Å². The zero-order chi connectivity index (χ0) is 14.2. The van der Waals surface area contributed by atoms with Crippen molar-refractivity contribution in [1.29, 1.82) is 0 Å². The molecule has 0 atom stereocenters. The van der Waals surface area contributed by atoms with E-state index in [1.54, 1.807) is 27.1 Å². The number of carbonyl (C=O) groups is 2. The minimum Gasteiger partial charge on any atom is -0.478 e. The van der Waals surface area contributed by atoms with Gasteiger partial charge in [0.1, 0.15) is 5.56 Å². The molecule has 0 saturated carbocycles. The largest absolute Gasteiger partial charge is 0.478 e. The molecule has 1 amide bonds. The third-order valence-corrected chi connectivity index (χ3v) is 2.80. The first-order chi connectivity index (χ1) is 8.90. The Balaban J connectivity index is 2.29.